The van der Waals surface area contributed by atoms with Gasteiger partial charge in [0.15, 0.2) is 11.5 Å². The maximum absolute atomic E-state index is 12.7. The average molecular weight is 390 g/mol. The third-order valence-corrected chi connectivity index (χ3v) is 6.08. The number of nitrogens with zero attached hydrogens (tertiary/aromatic N) is 1. The fourth-order valence-electron chi connectivity index (χ4n) is 3.42. The second-order valence-corrected chi connectivity index (χ2v) is 7.88. The molecule has 0 spiro atoms. The van der Waals surface area contributed by atoms with E-state index in [1.165, 1.54) is 10.4 Å². The molecule has 0 saturated carbocycles. The van der Waals surface area contributed by atoms with Crippen molar-refractivity contribution >= 4 is 34.9 Å². The van der Waals surface area contributed by atoms with E-state index in [1.807, 2.05) is 11.0 Å². The molecule has 0 N–H and O–H groups in total. The Morgan fingerprint density at radius 3 is 3.08 bits per heavy atom. The Bertz CT molecular complexity index is 861. The summed E-state index contributed by atoms with van der Waals surface area (Å²) in [6.07, 6.45) is 5.15. The molecule has 0 unspecified atom stereocenters. The first-order chi connectivity index (χ1) is 12.6. The largest absolute Gasteiger partial charge is 0.489 e. The molecule has 1 aromatic carbocycles. The molecule has 26 heavy (non-hydrogen) atoms. The second kappa shape index (κ2) is 7.33. The topological polar surface area (TPSA) is 38.8 Å². The molecule has 0 aliphatic carbocycles. The van der Waals surface area contributed by atoms with Gasteiger partial charge in [-0.1, -0.05) is 11.6 Å². The highest BCUT2D eigenvalue weighted by atomic mass is 35.5. The Balaban J connectivity index is 1.52. The van der Waals surface area contributed by atoms with Gasteiger partial charge in [0.2, 0.25) is 5.91 Å². The van der Waals surface area contributed by atoms with Gasteiger partial charge in [0.1, 0.15) is 0 Å². The number of halogens is 1. The summed E-state index contributed by atoms with van der Waals surface area (Å²) >= 11 is 8.09. The van der Waals surface area contributed by atoms with Crippen LogP contribution in [0.15, 0.2) is 29.7 Å². The predicted molar refractivity (Wildman–Crippen MR) is 104 cm³/mol. The van der Waals surface area contributed by atoms with Crippen molar-refractivity contribution in [1.82, 2.24) is 4.90 Å². The van der Waals surface area contributed by atoms with Crippen molar-refractivity contribution < 1.29 is 14.3 Å². The molecule has 2 aliphatic heterocycles. The van der Waals surface area contributed by atoms with Crippen LogP contribution < -0.4 is 9.47 Å². The zero-order valence-electron chi connectivity index (χ0n) is 14.5. The highest BCUT2D eigenvalue weighted by Gasteiger charge is 2.27. The van der Waals surface area contributed by atoms with E-state index in [9.17, 15) is 4.79 Å². The first kappa shape index (κ1) is 17.4. The van der Waals surface area contributed by atoms with Crippen molar-refractivity contribution in [3.63, 3.8) is 0 Å². The maximum Gasteiger partial charge on any atom is 0.247 e. The molecule has 6 heteroatoms. The summed E-state index contributed by atoms with van der Waals surface area (Å²) in [5, 5.41) is 2.61. The van der Waals surface area contributed by atoms with E-state index in [0.717, 1.165) is 24.9 Å². The monoisotopic (exact) mass is 389 g/mol. The van der Waals surface area contributed by atoms with E-state index < -0.39 is 0 Å². The Morgan fingerprint density at radius 1 is 1.35 bits per heavy atom. The van der Waals surface area contributed by atoms with Crippen molar-refractivity contribution in [2.45, 2.75) is 25.8 Å². The molecule has 1 amide bonds. The van der Waals surface area contributed by atoms with Gasteiger partial charge in [0, 0.05) is 23.9 Å². The number of carbonyl (C=O) groups excluding carboxylic acids is 1. The summed E-state index contributed by atoms with van der Waals surface area (Å²) in [5.74, 6) is 1.23. The molecular weight excluding hydrogens is 370 g/mol. The van der Waals surface area contributed by atoms with Gasteiger partial charge in [-0.2, -0.15) is 0 Å². The lowest BCUT2D eigenvalue weighted by Crippen LogP contribution is -2.37. The van der Waals surface area contributed by atoms with Gasteiger partial charge in [0.25, 0.3) is 0 Å². The standard InChI is InChI=1S/C20H20ClNO3S/c1-13-15-6-10-26-18(15)5-7-22(13)19(23)4-3-14-11-16(21)20-17(12-14)24-8-2-9-25-20/h3-4,6,10-13H,2,5,7-9H2,1H3/b4-3+/t13-/m1/s1. The molecule has 0 saturated heterocycles. The summed E-state index contributed by atoms with van der Waals surface area (Å²) in [4.78, 5) is 16.0. The van der Waals surface area contributed by atoms with Crippen molar-refractivity contribution in [1.29, 1.82) is 0 Å². The second-order valence-electron chi connectivity index (χ2n) is 6.47. The van der Waals surface area contributed by atoms with E-state index in [1.54, 1.807) is 29.6 Å². The lowest BCUT2D eigenvalue weighted by molar-refractivity contribution is -0.128. The van der Waals surface area contributed by atoms with Gasteiger partial charge in [-0.3, -0.25) is 4.79 Å². The number of carbonyl (C=O) groups is 1. The Kier molecular flexibility index (Phi) is 4.92. The summed E-state index contributed by atoms with van der Waals surface area (Å²) < 4.78 is 11.3. The summed E-state index contributed by atoms with van der Waals surface area (Å²) in [5.41, 5.74) is 2.09. The summed E-state index contributed by atoms with van der Waals surface area (Å²) in [6.45, 7) is 4.03. The summed E-state index contributed by atoms with van der Waals surface area (Å²) in [6, 6.07) is 5.90. The van der Waals surface area contributed by atoms with Crippen LogP contribution in [0.1, 0.15) is 35.4 Å². The van der Waals surface area contributed by atoms with E-state index >= 15 is 0 Å². The fraction of sp³-hybridized carbons (Fsp3) is 0.350. The van der Waals surface area contributed by atoms with E-state index in [0.29, 0.717) is 29.7 Å². The number of benzene rings is 1. The average Bonchev–Trinajstić information content (AvgIpc) is 2.98. The van der Waals surface area contributed by atoms with Gasteiger partial charge in [-0.15, -0.1) is 11.3 Å². The normalized spacial score (nSPS) is 19.3. The number of hydrogen-bond acceptors (Lipinski definition) is 4. The van der Waals surface area contributed by atoms with Gasteiger partial charge in [0.05, 0.1) is 24.3 Å². The van der Waals surface area contributed by atoms with Crippen LogP contribution in [0.5, 0.6) is 11.5 Å². The highest BCUT2D eigenvalue weighted by Crippen LogP contribution is 2.38. The van der Waals surface area contributed by atoms with Crippen LogP contribution in [0, 0.1) is 0 Å². The van der Waals surface area contributed by atoms with Crippen molar-refractivity contribution in [2.75, 3.05) is 19.8 Å². The molecule has 136 valence electrons. The number of ether oxygens (including phenoxy) is 2. The van der Waals surface area contributed by atoms with E-state index in [4.69, 9.17) is 21.1 Å². The molecule has 0 fully saturated rings. The van der Waals surface area contributed by atoms with Crippen LogP contribution in [-0.4, -0.2) is 30.6 Å². The fourth-order valence-corrected chi connectivity index (χ4v) is 4.66. The number of fused-ring (bicyclic) bond motifs is 2. The number of thiophene rings is 1. The van der Waals surface area contributed by atoms with Crippen LogP contribution in [-0.2, 0) is 11.2 Å². The van der Waals surface area contributed by atoms with Crippen molar-refractivity contribution in [3.8, 4) is 11.5 Å². The Labute approximate surface area is 162 Å². The van der Waals surface area contributed by atoms with Crippen LogP contribution in [0.2, 0.25) is 5.02 Å². The molecule has 2 aromatic rings. The third-order valence-electron chi connectivity index (χ3n) is 4.80. The molecular formula is C20H20ClNO3S. The van der Waals surface area contributed by atoms with Gasteiger partial charge in [-0.05, 0) is 54.1 Å². The molecule has 4 nitrogen and oxygen atoms in total. The third kappa shape index (κ3) is 3.33. The van der Waals surface area contributed by atoms with Crippen LogP contribution >= 0.6 is 22.9 Å². The molecule has 4 rings (SSSR count). The molecule has 0 bridgehead atoms. The molecule has 2 aliphatic rings. The minimum absolute atomic E-state index is 0.0117. The van der Waals surface area contributed by atoms with Crippen LogP contribution in [0.25, 0.3) is 6.08 Å². The first-order valence-electron chi connectivity index (χ1n) is 8.77. The molecule has 1 atom stereocenters. The van der Waals surface area contributed by atoms with Gasteiger partial charge in [-0.25, -0.2) is 0 Å². The molecule has 1 aromatic heterocycles. The quantitative estimate of drug-likeness (QED) is 0.697. The molecule has 0 radical (unpaired) electrons. The minimum Gasteiger partial charge on any atom is -0.489 e. The summed E-state index contributed by atoms with van der Waals surface area (Å²) in [7, 11) is 0. The predicted octanol–water partition coefficient (Wildman–Crippen LogP) is 4.72. The van der Waals surface area contributed by atoms with Gasteiger partial charge >= 0.3 is 0 Å². The smallest absolute Gasteiger partial charge is 0.247 e. The van der Waals surface area contributed by atoms with Gasteiger partial charge < -0.3 is 14.4 Å². The van der Waals surface area contributed by atoms with E-state index in [-0.39, 0.29) is 11.9 Å². The highest BCUT2D eigenvalue weighted by molar-refractivity contribution is 7.10. The SMILES string of the molecule is C[C@@H]1c2ccsc2CCN1C(=O)/C=C/c1cc(Cl)c2c(c1)OCCCO2. The number of rotatable bonds is 2. The maximum atomic E-state index is 12.7. The number of hydrogen-bond donors (Lipinski definition) is 0. The Hall–Kier alpha value is -1.98. The lowest BCUT2D eigenvalue weighted by atomic mass is 10.0. The first-order valence-corrected chi connectivity index (χ1v) is 10.0. The Morgan fingerprint density at radius 2 is 2.19 bits per heavy atom. The number of amides is 1. The van der Waals surface area contributed by atoms with Crippen LogP contribution in [0.3, 0.4) is 0 Å². The van der Waals surface area contributed by atoms with E-state index in [2.05, 4.69) is 18.4 Å². The van der Waals surface area contributed by atoms with Crippen molar-refractivity contribution in [2.24, 2.45) is 0 Å². The lowest BCUT2D eigenvalue weighted by Gasteiger charge is -2.32. The minimum atomic E-state index is 0.0117. The van der Waals surface area contributed by atoms with Crippen LogP contribution in [0.4, 0.5) is 0 Å². The zero-order valence-corrected chi connectivity index (χ0v) is 16.1. The van der Waals surface area contributed by atoms with Crippen molar-refractivity contribution in [3.05, 3.63) is 50.7 Å². The zero-order chi connectivity index (χ0) is 18.1. The molecule has 3 heterocycles.